The summed E-state index contributed by atoms with van der Waals surface area (Å²) in [6.07, 6.45) is 3.22. The standard InChI is InChI=1S/C17H14N8O2S3/c26-13(20-11-5-1-3-7-18-11)9-28-15-22-23-16-25(15)24-17(30-16)29-10-14(27)21-12-6-2-4-8-19-12/h1-8H,9-10H2,(H,18,20,26)(H,19,21,27). The fourth-order valence-electron chi connectivity index (χ4n) is 2.22. The normalized spacial score (nSPS) is 10.8. The van der Waals surface area contributed by atoms with E-state index in [1.165, 1.54) is 34.9 Å². The van der Waals surface area contributed by atoms with E-state index in [9.17, 15) is 9.59 Å². The van der Waals surface area contributed by atoms with Crippen molar-refractivity contribution in [1.82, 2.24) is 29.8 Å². The van der Waals surface area contributed by atoms with E-state index in [1.54, 1.807) is 53.3 Å². The van der Waals surface area contributed by atoms with Gasteiger partial charge < -0.3 is 10.6 Å². The van der Waals surface area contributed by atoms with Crippen LogP contribution in [0.2, 0.25) is 0 Å². The van der Waals surface area contributed by atoms with Crippen molar-refractivity contribution < 1.29 is 9.59 Å². The SMILES string of the molecule is O=C(CSc1nn2c(SCC(=O)Nc3ccccn3)nnc2s1)Nc1ccccn1. The molecule has 13 heteroatoms. The largest absolute Gasteiger partial charge is 0.310 e. The minimum atomic E-state index is -0.202. The molecule has 0 aliphatic carbocycles. The number of hydrogen-bond acceptors (Lipinski definition) is 10. The molecule has 0 aliphatic heterocycles. The van der Waals surface area contributed by atoms with Gasteiger partial charge in [0.1, 0.15) is 11.6 Å². The fourth-order valence-corrected chi connectivity index (χ4v) is 4.63. The van der Waals surface area contributed by atoms with Crippen molar-refractivity contribution in [1.29, 1.82) is 0 Å². The van der Waals surface area contributed by atoms with E-state index in [4.69, 9.17) is 0 Å². The molecule has 0 radical (unpaired) electrons. The molecule has 0 bridgehead atoms. The van der Waals surface area contributed by atoms with Gasteiger partial charge in [0.15, 0.2) is 4.34 Å². The zero-order chi connectivity index (χ0) is 20.8. The van der Waals surface area contributed by atoms with Crippen LogP contribution in [0.3, 0.4) is 0 Å². The van der Waals surface area contributed by atoms with Crippen LogP contribution in [0.4, 0.5) is 11.6 Å². The van der Waals surface area contributed by atoms with Crippen molar-refractivity contribution in [2.24, 2.45) is 0 Å². The highest BCUT2D eigenvalue weighted by atomic mass is 32.2. The molecule has 10 nitrogen and oxygen atoms in total. The average molecular weight is 459 g/mol. The summed E-state index contributed by atoms with van der Waals surface area (Å²) in [7, 11) is 0. The van der Waals surface area contributed by atoms with Gasteiger partial charge in [0.25, 0.3) is 0 Å². The van der Waals surface area contributed by atoms with E-state index < -0.39 is 0 Å². The molecule has 30 heavy (non-hydrogen) atoms. The summed E-state index contributed by atoms with van der Waals surface area (Å²) < 4.78 is 2.25. The van der Waals surface area contributed by atoms with E-state index in [0.29, 0.717) is 26.1 Å². The van der Waals surface area contributed by atoms with Gasteiger partial charge in [-0.15, -0.1) is 15.3 Å². The number of amides is 2. The van der Waals surface area contributed by atoms with Crippen LogP contribution >= 0.6 is 34.9 Å². The van der Waals surface area contributed by atoms with Crippen molar-refractivity contribution >= 4 is 63.3 Å². The minimum Gasteiger partial charge on any atom is -0.310 e. The predicted octanol–water partition coefficient (Wildman–Crippen LogP) is 2.44. The monoisotopic (exact) mass is 458 g/mol. The lowest BCUT2D eigenvalue weighted by Gasteiger charge is -2.02. The maximum Gasteiger partial charge on any atom is 0.236 e. The van der Waals surface area contributed by atoms with E-state index >= 15 is 0 Å². The first-order chi connectivity index (χ1) is 14.7. The van der Waals surface area contributed by atoms with E-state index in [2.05, 4.69) is 35.9 Å². The molecular formula is C17H14N8O2S3. The Bertz CT molecular complexity index is 1150. The first kappa shape index (κ1) is 20.3. The number of aromatic nitrogens is 6. The molecule has 4 aromatic heterocycles. The molecule has 4 heterocycles. The summed E-state index contributed by atoms with van der Waals surface area (Å²) >= 11 is 3.84. The van der Waals surface area contributed by atoms with Crippen LogP contribution in [0, 0.1) is 0 Å². The number of rotatable bonds is 8. The lowest BCUT2D eigenvalue weighted by atomic mass is 10.4. The van der Waals surface area contributed by atoms with Crippen LogP contribution in [0.5, 0.6) is 0 Å². The number of nitrogens with one attached hydrogen (secondary N) is 2. The highest BCUT2D eigenvalue weighted by molar-refractivity contribution is 8.01. The zero-order valence-corrected chi connectivity index (χ0v) is 17.7. The first-order valence-corrected chi connectivity index (χ1v) is 11.4. The van der Waals surface area contributed by atoms with Crippen LogP contribution in [0.15, 0.2) is 58.3 Å². The van der Waals surface area contributed by atoms with E-state index in [0.717, 1.165) is 0 Å². The number of pyridine rings is 2. The van der Waals surface area contributed by atoms with Crippen molar-refractivity contribution in [3.05, 3.63) is 48.8 Å². The molecule has 0 fully saturated rings. The van der Waals surface area contributed by atoms with Crippen LogP contribution in [0.1, 0.15) is 0 Å². The Morgan fingerprint density at radius 3 is 2.13 bits per heavy atom. The number of hydrogen-bond donors (Lipinski definition) is 2. The van der Waals surface area contributed by atoms with E-state index in [1.807, 2.05) is 0 Å². The Morgan fingerprint density at radius 2 is 1.53 bits per heavy atom. The molecule has 0 saturated carbocycles. The third-order valence-corrected chi connectivity index (χ3v) is 6.42. The van der Waals surface area contributed by atoms with Gasteiger partial charge >= 0.3 is 0 Å². The Hall–Kier alpha value is -3.03. The molecule has 0 unspecified atom stereocenters. The molecular weight excluding hydrogens is 444 g/mol. The van der Waals surface area contributed by atoms with Crippen LogP contribution in [-0.2, 0) is 9.59 Å². The van der Waals surface area contributed by atoms with Gasteiger partial charge in [-0.25, -0.2) is 9.97 Å². The van der Waals surface area contributed by atoms with Gasteiger partial charge in [-0.05, 0) is 24.3 Å². The molecule has 2 N–H and O–H groups in total. The molecule has 4 rings (SSSR count). The second-order valence-corrected chi connectivity index (χ2v) is 8.77. The van der Waals surface area contributed by atoms with Gasteiger partial charge in [0, 0.05) is 12.4 Å². The molecule has 0 saturated heterocycles. The third kappa shape index (κ3) is 5.31. The zero-order valence-electron chi connectivity index (χ0n) is 15.3. The lowest BCUT2D eigenvalue weighted by molar-refractivity contribution is -0.114. The third-order valence-electron chi connectivity index (χ3n) is 3.47. The smallest absolute Gasteiger partial charge is 0.236 e. The maximum absolute atomic E-state index is 12.1. The van der Waals surface area contributed by atoms with Crippen LogP contribution in [0.25, 0.3) is 4.96 Å². The fraction of sp³-hybridized carbons (Fsp3) is 0.118. The van der Waals surface area contributed by atoms with Crippen molar-refractivity contribution in [3.63, 3.8) is 0 Å². The van der Waals surface area contributed by atoms with E-state index in [-0.39, 0.29) is 23.3 Å². The second-order valence-electron chi connectivity index (χ2n) is 5.65. The molecule has 0 spiro atoms. The predicted molar refractivity (Wildman–Crippen MR) is 116 cm³/mol. The Morgan fingerprint density at radius 1 is 0.900 bits per heavy atom. The summed E-state index contributed by atoms with van der Waals surface area (Å²) in [4.78, 5) is 32.8. The van der Waals surface area contributed by atoms with Crippen LogP contribution in [-0.4, -0.2) is 53.1 Å². The minimum absolute atomic E-state index is 0.143. The Labute approximate surface area is 182 Å². The summed E-state index contributed by atoms with van der Waals surface area (Å²) in [6, 6.07) is 10.6. The number of thioether (sulfide) groups is 2. The number of carbonyl (C=O) groups is 2. The second kappa shape index (κ2) is 9.65. The van der Waals surface area contributed by atoms with Crippen molar-refractivity contribution in [2.45, 2.75) is 9.50 Å². The first-order valence-electron chi connectivity index (χ1n) is 8.57. The quantitative estimate of drug-likeness (QED) is 0.383. The number of fused-ring (bicyclic) bond motifs is 1. The van der Waals surface area contributed by atoms with Gasteiger partial charge in [0.05, 0.1) is 11.5 Å². The summed E-state index contributed by atoms with van der Waals surface area (Å²) in [5.74, 6) is 0.950. The van der Waals surface area contributed by atoms with Crippen molar-refractivity contribution in [2.75, 3.05) is 22.1 Å². The number of nitrogens with zero attached hydrogens (tertiary/aromatic N) is 6. The van der Waals surface area contributed by atoms with Crippen LogP contribution < -0.4 is 10.6 Å². The van der Waals surface area contributed by atoms with Gasteiger partial charge in [-0.3, -0.25) is 9.59 Å². The summed E-state index contributed by atoms with van der Waals surface area (Å²) in [6.45, 7) is 0. The number of carbonyl (C=O) groups excluding carboxylic acids is 2. The van der Waals surface area contributed by atoms with Gasteiger partial charge in [-0.1, -0.05) is 47.0 Å². The molecule has 0 atom stereocenters. The summed E-state index contributed by atoms with van der Waals surface area (Å²) in [5.41, 5.74) is 0. The molecule has 152 valence electrons. The average Bonchev–Trinajstić information content (AvgIpc) is 3.33. The molecule has 0 aliphatic rings. The highest BCUT2D eigenvalue weighted by Gasteiger charge is 2.15. The topological polar surface area (TPSA) is 127 Å². The van der Waals surface area contributed by atoms with Gasteiger partial charge in [-0.2, -0.15) is 4.52 Å². The lowest BCUT2D eigenvalue weighted by Crippen LogP contribution is -2.15. The van der Waals surface area contributed by atoms with Gasteiger partial charge in [0.2, 0.25) is 21.9 Å². The molecule has 2 amide bonds. The van der Waals surface area contributed by atoms with Crippen molar-refractivity contribution in [3.8, 4) is 0 Å². The summed E-state index contributed by atoms with van der Waals surface area (Å²) in [5, 5.41) is 18.5. The Kier molecular flexibility index (Phi) is 6.51. The number of anilines is 2. The highest BCUT2D eigenvalue weighted by Crippen LogP contribution is 2.27. The maximum atomic E-state index is 12.1. The Balaban J connectivity index is 1.31. The molecule has 4 aromatic rings. The molecule has 0 aromatic carbocycles.